The minimum absolute atomic E-state index is 0.0989. The van der Waals surface area contributed by atoms with Crippen molar-refractivity contribution >= 4 is 5.97 Å². The van der Waals surface area contributed by atoms with Crippen LogP contribution in [0, 0.1) is 5.92 Å². The molecule has 0 spiro atoms. The molecule has 1 aromatic carbocycles. The molecule has 0 saturated heterocycles. The molecule has 0 aliphatic rings. The van der Waals surface area contributed by atoms with Gasteiger partial charge in [0.15, 0.2) is 0 Å². The SMILES string of the molecule is CC(NCc1ccccc1-n1cccn1)C(C)C(=O)O. The second-order valence-corrected chi connectivity index (χ2v) is 4.88. The van der Waals surface area contributed by atoms with Gasteiger partial charge in [-0.05, 0) is 24.6 Å². The average molecular weight is 273 g/mol. The number of rotatable bonds is 6. The quantitative estimate of drug-likeness (QED) is 0.845. The average Bonchev–Trinajstić information content (AvgIpc) is 2.98. The zero-order valence-electron chi connectivity index (χ0n) is 11.7. The summed E-state index contributed by atoms with van der Waals surface area (Å²) in [6, 6.07) is 9.72. The standard InChI is InChI=1S/C15H19N3O2/c1-11(15(19)20)12(2)16-10-13-6-3-4-7-14(13)18-9-5-8-17-18/h3-9,11-12,16H,10H2,1-2H3,(H,19,20). The van der Waals surface area contributed by atoms with Crippen LogP contribution in [-0.4, -0.2) is 26.9 Å². The Morgan fingerprint density at radius 1 is 1.35 bits per heavy atom. The number of hydrogen-bond acceptors (Lipinski definition) is 3. The van der Waals surface area contributed by atoms with Gasteiger partial charge in [-0.1, -0.05) is 25.1 Å². The fourth-order valence-corrected chi connectivity index (χ4v) is 1.96. The molecule has 2 N–H and O–H groups in total. The highest BCUT2D eigenvalue weighted by atomic mass is 16.4. The number of carbonyl (C=O) groups is 1. The van der Waals surface area contributed by atoms with Crippen molar-refractivity contribution in [2.75, 3.05) is 0 Å². The Labute approximate surface area is 118 Å². The fraction of sp³-hybridized carbons (Fsp3) is 0.333. The van der Waals surface area contributed by atoms with Gasteiger partial charge in [0.05, 0.1) is 11.6 Å². The largest absolute Gasteiger partial charge is 0.481 e. The summed E-state index contributed by atoms with van der Waals surface area (Å²) < 4.78 is 1.81. The number of aromatic nitrogens is 2. The van der Waals surface area contributed by atoms with E-state index < -0.39 is 11.9 Å². The third-order valence-corrected chi connectivity index (χ3v) is 3.50. The summed E-state index contributed by atoms with van der Waals surface area (Å²) in [5.74, 6) is -1.21. The Hall–Kier alpha value is -2.14. The molecule has 5 nitrogen and oxygen atoms in total. The highest BCUT2D eigenvalue weighted by Gasteiger charge is 2.18. The molecule has 0 bridgehead atoms. The third kappa shape index (κ3) is 3.24. The lowest BCUT2D eigenvalue weighted by Gasteiger charge is -2.19. The van der Waals surface area contributed by atoms with Crippen LogP contribution in [0.4, 0.5) is 0 Å². The second kappa shape index (κ2) is 6.34. The topological polar surface area (TPSA) is 67.2 Å². The zero-order chi connectivity index (χ0) is 14.5. The van der Waals surface area contributed by atoms with Crippen LogP contribution in [0.1, 0.15) is 19.4 Å². The van der Waals surface area contributed by atoms with Gasteiger partial charge in [-0.15, -0.1) is 0 Å². The Kier molecular flexibility index (Phi) is 4.53. The molecular weight excluding hydrogens is 254 g/mol. The third-order valence-electron chi connectivity index (χ3n) is 3.50. The molecule has 1 aromatic heterocycles. The van der Waals surface area contributed by atoms with E-state index in [9.17, 15) is 4.79 Å². The lowest BCUT2D eigenvalue weighted by atomic mass is 10.0. The van der Waals surface area contributed by atoms with Crippen molar-refractivity contribution in [2.24, 2.45) is 5.92 Å². The van der Waals surface area contributed by atoms with E-state index in [1.54, 1.807) is 13.1 Å². The van der Waals surface area contributed by atoms with Gasteiger partial charge in [-0.2, -0.15) is 5.10 Å². The summed E-state index contributed by atoms with van der Waals surface area (Å²) in [5.41, 5.74) is 2.08. The molecule has 20 heavy (non-hydrogen) atoms. The first kappa shape index (κ1) is 14.3. The van der Waals surface area contributed by atoms with Crippen molar-refractivity contribution in [3.05, 3.63) is 48.3 Å². The monoisotopic (exact) mass is 273 g/mol. The minimum Gasteiger partial charge on any atom is -0.481 e. The van der Waals surface area contributed by atoms with Gasteiger partial charge in [0.25, 0.3) is 0 Å². The number of benzene rings is 1. The van der Waals surface area contributed by atoms with E-state index in [2.05, 4.69) is 10.4 Å². The van der Waals surface area contributed by atoms with E-state index in [0.717, 1.165) is 11.3 Å². The van der Waals surface area contributed by atoms with Crippen molar-refractivity contribution in [3.63, 3.8) is 0 Å². The molecule has 5 heteroatoms. The van der Waals surface area contributed by atoms with Crippen molar-refractivity contribution in [3.8, 4) is 5.69 Å². The fourth-order valence-electron chi connectivity index (χ4n) is 1.96. The minimum atomic E-state index is -0.787. The van der Waals surface area contributed by atoms with Crippen LogP contribution in [0.3, 0.4) is 0 Å². The number of carboxylic acids is 1. The normalized spacial score (nSPS) is 13.9. The second-order valence-electron chi connectivity index (χ2n) is 4.88. The van der Waals surface area contributed by atoms with Crippen LogP contribution < -0.4 is 5.32 Å². The van der Waals surface area contributed by atoms with E-state index in [1.165, 1.54) is 0 Å². The predicted octanol–water partition coefficient (Wildman–Crippen LogP) is 2.07. The first-order chi connectivity index (χ1) is 9.59. The summed E-state index contributed by atoms with van der Waals surface area (Å²) in [4.78, 5) is 11.0. The molecule has 0 amide bonds. The molecular formula is C15H19N3O2. The highest BCUT2D eigenvalue weighted by molar-refractivity contribution is 5.70. The van der Waals surface area contributed by atoms with Gasteiger partial charge in [0.1, 0.15) is 0 Å². The Balaban J connectivity index is 2.09. The molecule has 0 fully saturated rings. The highest BCUT2D eigenvalue weighted by Crippen LogP contribution is 2.14. The van der Waals surface area contributed by atoms with Gasteiger partial charge < -0.3 is 10.4 Å². The van der Waals surface area contributed by atoms with Gasteiger partial charge in [0, 0.05) is 25.0 Å². The van der Waals surface area contributed by atoms with Crippen LogP contribution >= 0.6 is 0 Å². The smallest absolute Gasteiger partial charge is 0.307 e. The lowest BCUT2D eigenvalue weighted by Crippen LogP contribution is -2.35. The van der Waals surface area contributed by atoms with Crippen LogP contribution in [0.25, 0.3) is 5.69 Å². The van der Waals surface area contributed by atoms with Gasteiger partial charge in [-0.25, -0.2) is 4.68 Å². The Morgan fingerprint density at radius 3 is 2.75 bits per heavy atom. The molecule has 0 aliphatic heterocycles. The van der Waals surface area contributed by atoms with Crippen molar-refractivity contribution in [1.29, 1.82) is 0 Å². The summed E-state index contributed by atoms with van der Waals surface area (Å²) in [5, 5.41) is 16.5. The molecule has 0 radical (unpaired) electrons. The molecule has 0 aliphatic carbocycles. The maximum Gasteiger partial charge on any atom is 0.307 e. The molecule has 2 aromatic rings. The van der Waals surface area contributed by atoms with E-state index in [0.29, 0.717) is 6.54 Å². The first-order valence-corrected chi connectivity index (χ1v) is 6.63. The van der Waals surface area contributed by atoms with Crippen molar-refractivity contribution in [1.82, 2.24) is 15.1 Å². The van der Waals surface area contributed by atoms with E-state index >= 15 is 0 Å². The molecule has 2 atom stereocenters. The summed E-state index contributed by atoms with van der Waals surface area (Å²) in [7, 11) is 0. The number of para-hydroxylation sites is 1. The molecule has 2 rings (SSSR count). The summed E-state index contributed by atoms with van der Waals surface area (Å²) >= 11 is 0. The van der Waals surface area contributed by atoms with Gasteiger partial charge in [-0.3, -0.25) is 4.79 Å². The number of hydrogen-bond donors (Lipinski definition) is 2. The maximum atomic E-state index is 11.0. The number of carboxylic acid groups (broad SMARTS) is 1. The Bertz CT molecular complexity index is 566. The van der Waals surface area contributed by atoms with Crippen molar-refractivity contribution < 1.29 is 9.90 Å². The van der Waals surface area contributed by atoms with E-state index in [-0.39, 0.29) is 6.04 Å². The van der Waals surface area contributed by atoms with Crippen molar-refractivity contribution in [2.45, 2.75) is 26.4 Å². The van der Waals surface area contributed by atoms with E-state index in [4.69, 9.17) is 5.11 Å². The lowest BCUT2D eigenvalue weighted by molar-refractivity contribution is -0.141. The maximum absolute atomic E-state index is 11.0. The molecule has 2 unspecified atom stereocenters. The number of nitrogens with one attached hydrogen (secondary N) is 1. The summed E-state index contributed by atoms with van der Waals surface area (Å²) in [6.45, 7) is 4.20. The van der Waals surface area contributed by atoms with Crippen LogP contribution in [0.15, 0.2) is 42.7 Å². The van der Waals surface area contributed by atoms with Gasteiger partial charge in [0.2, 0.25) is 0 Å². The van der Waals surface area contributed by atoms with Crippen LogP contribution in [-0.2, 0) is 11.3 Å². The van der Waals surface area contributed by atoms with Gasteiger partial charge >= 0.3 is 5.97 Å². The molecule has 1 heterocycles. The summed E-state index contributed by atoms with van der Waals surface area (Å²) in [6.07, 6.45) is 3.63. The Morgan fingerprint density at radius 2 is 2.10 bits per heavy atom. The molecule has 0 saturated carbocycles. The van der Waals surface area contributed by atoms with Crippen LogP contribution in [0.5, 0.6) is 0 Å². The van der Waals surface area contributed by atoms with E-state index in [1.807, 2.05) is 48.1 Å². The molecule has 106 valence electrons. The first-order valence-electron chi connectivity index (χ1n) is 6.63. The predicted molar refractivity (Wildman–Crippen MR) is 76.7 cm³/mol. The van der Waals surface area contributed by atoms with Crippen LogP contribution in [0.2, 0.25) is 0 Å². The number of nitrogens with zero attached hydrogens (tertiary/aromatic N) is 2. The zero-order valence-corrected chi connectivity index (χ0v) is 11.7. The number of aliphatic carboxylic acids is 1.